The number of ether oxygens (including phenoxy) is 2. The molecule has 0 fully saturated rings. The van der Waals surface area contributed by atoms with Crippen molar-refractivity contribution in [1.29, 1.82) is 0 Å². The summed E-state index contributed by atoms with van der Waals surface area (Å²) in [5.74, 6) is -2.45. The lowest BCUT2D eigenvalue weighted by atomic mass is 10.1. The zero-order valence-corrected chi connectivity index (χ0v) is 20.9. The number of benzene rings is 1. The first-order chi connectivity index (χ1) is 17.8. The van der Waals surface area contributed by atoms with Gasteiger partial charge in [-0.3, -0.25) is 19.5 Å². The van der Waals surface area contributed by atoms with Crippen molar-refractivity contribution in [3.63, 3.8) is 0 Å². The van der Waals surface area contributed by atoms with Gasteiger partial charge < -0.3 is 14.0 Å². The average molecular weight is 509 g/mol. The molecule has 192 valence electrons. The van der Waals surface area contributed by atoms with E-state index >= 15 is 8.78 Å². The van der Waals surface area contributed by atoms with Gasteiger partial charge in [0.25, 0.3) is 0 Å². The molecule has 1 aliphatic heterocycles. The van der Waals surface area contributed by atoms with Crippen LogP contribution in [0.1, 0.15) is 18.1 Å². The van der Waals surface area contributed by atoms with Gasteiger partial charge in [-0.25, -0.2) is 13.6 Å². The van der Waals surface area contributed by atoms with Gasteiger partial charge in [0.15, 0.2) is 23.1 Å². The number of carbonyl (C=O) groups excluding carboxylic acids is 1. The second-order valence-electron chi connectivity index (χ2n) is 8.66. The highest BCUT2D eigenvalue weighted by atomic mass is 19.1. The molecule has 4 aromatic rings. The van der Waals surface area contributed by atoms with E-state index in [-0.39, 0.29) is 24.6 Å². The van der Waals surface area contributed by atoms with Crippen molar-refractivity contribution in [2.45, 2.75) is 26.6 Å². The quantitative estimate of drug-likeness (QED) is 0.360. The number of anilines is 2. The van der Waals surface area contributed by atoms with E-state index in [1.807, 2.05) is 36.1 Å². The van der Waals surface area contributed by atoms with E-state index in [4.69, 9.17) is 9.47 Å². The van der Waals surface area contributed by atoms with Crippen molar-refractivity contribution < 1.29 is 23.0 Å². The van der Waals surface area contributed by atoms with Crippen LogP contribution in [0.4, 0.5) is 25.0 Å². The first-order valence-electron chi connectivity index (χ1n) is 11.7. The van der Waals surface area contributed by atoms with Gasteiger partial charge in [-0.15, -0.1) is 0 Å². The van der Waals surface area contributed by atoms with E-state index in [0.717, 1.165) is 28.6 Å². The number of hydrogen-bond acceptors (Lipinski definition) is 5. The fourth-order valence-electron chi connectivity index (χ4n) is 4.44. The molecule has 1 aliphatic rings. The van der Waals surface area contributed by atoms with E-state index in [1.165, 1.54) is 19.1 Å². The minimum absolute atomic E-state index is 0.0921. The highest BCUT2D eigenvalue weighted by Crippen LogP contribution is 2.41. The Hall–Kier alpha value is -4.41. The number of urea groups is 1. The van der Waals surface area contributed by atoms with Crippen LogP contribution >= 0.6 is 0 Å². The minimum Gasteiger partial charge on any atom is -0.493 e. The lowest BCUT2D eigenvalue weighted by molar-refractivity contribution is 0.249. The van der Waals surface area contributed by atoms with Crippen LogP contribution in [0.5, 0.6) is 11.5 Å². The number of halogens is 2. The molecule has 3 aromatic heterocycles. The maximum absolute atomic E-state index is 15.4. The molecule has 0 spiro atoms. The van der Waals surface area contributed by atoms with Crippen molar-refractivity contribution in [2.24, 2.45) is 7.05 Å². The molecule has 11 heteroatoms. The Morgan fingerprint density at radius 3 is 2.38 bits per heavy atom. The summed E-state index contributed by atoms with van der Waals surface area (Å²) < 4.78 is 44.7. The number of aryl methyl sites for hydroxylation is 2. The number of carbonyl (C=O) groups is 1. The number of pyridine rings is 1. The molecule has 0 bridgehead atoms. The normalized spacial score (nSPS) is 13.2. The van der Waals surface area contributed by atoms with Crippen molar-refractivity contribution in [3.05, 3.63) is 71.9 Å². The highest BCUT2D eigenvalue weighted by Gasteiger charge is 2.37. The van der Waals surface area contributed by atoms with Crippen molar-refractivity contribution in [3.8, 4) is 22.8 Å². The summed E-state index contributed by atoms with van der Waals surface area (Å²) in [7, 11) is 4.34. The number of fused-ring (bicyclic) bond motifs is 1. The van der Waals surface area contributed by atoms with Crippen molar-refractivity contribution >= 4 is 17.4 Å². The number of hydrogen-bond donors (Lipinski definition) is 0. The molecular formula is C26H26F2N6O3. The molecule has 9 nitrogen and oxygen atoms in total. The molecule has 0 radical (unpaired) electrons. The zero-order valence-electron chi connectivity index (χ0n) is 20.9. The summed E-state index contributed by atoms with van der Waals surface area (Å²) in [5.41, 5.74) is 2.97. The molecule has 0 N–H and O–H groups in total. The van der Waals surface area contributed by atoms with E-state index in [0.29, 0.717) is 16.9 Å². The molecule has 0 aliphatic carbocycles. The second-order valence-corrected chi connectivity index (χ2v) is 8.66. The van der Waals surface area contributed by atoms with E-state index in [2.05, 4.69) is 10.1 Å². The molecule has 0 saturated carbocycles. The van der Waals surface area contributed by atoms with Gasteiger partial charge in [-0.2, -0.15) is 5.10 Å². The van der Waals surface area contributed by atoms with Gasteiger partial charge in [-0.1, -0.05) is 0 Å². The Morgan fingerprint density at radius 2 is 1.78 bits per heavy atom. The summed E-state index contributed by atoms with van der Waals surface area (Å²) >= 11 is 0. The minimum atomic E-state index is -0.991. The molecule has 5 rings (SSSR count). The Labute approximate surface area is 212 Å². The molecule has 0 saturated heterocycles. The Bertz CT molecular complexity index is 1450. The number of nitrogens with zero attached hydrogens (tertiary/aromatic N) is 6. The van der Waals surface area contributed by atoms with Gasteiger partial charge in [0.2, 0.25) is 0 Å². The van der Waals surface area contributed by atoms with Crippen molar-refractivity contribution in [2.75, 3.05) is 24.0 Å². The highest BCUT2D eigenvalue weighted by molar-refractivity contribution is 6.06. The Balaban J connectivity index is 1.64. The molecular weight excluding hydrogens is 482 g/mol. The maximum Gasteiger partial charge on any atom is 0.329 e. The molecule has 0 unspecified atom stereocenters. The summed E-state index contributed by atoms with van der Waals surface area (Å²) in [6.45, 7) is 2.88. The summed E-state index contributed by atoms with van der Waals surface area (Å²) in [4.78, 5) is 21.0. The number of aromatic nitrogens is 4. The second kappa shape index (κ2) is 9.57. The number of amides is 2. The van der Waals surface area contributed by atoms with Crippen LogP contribution in [0.2, 0.25) is 0 Å². The number of rotatable bonds is 7. The van der Waals surface area contributed by atoms with E-state index in [9.17, 15) is 4.79 Å². The van der Waals surface area contributed by atoms with Gasteiger partial charge in [0.05, 0.1) is 44.9 Å². The van der Waals surface area contributed by atoms with Crippen LogP contribution < -0.4 is 19.3 Å². The van der Waals surface area contributed by atoms with Crippen molar-refractivity contribution in [1.82, 2.24) is 19.3 Å². The fraction of sp³-hybridized carbons (Fsp3) is 0.269. The Morgan fingerprint density at radius 1 is 1.05 bits per heavy atom. The van der Waals surface area contributed by atoms with Crippen LogP contribution in [-0.2, 0) is 26.7 Å². The lowest BCUT2D eigenvalue weighted by Gasteiger charge is -2.37. The zero-order chi connectivity index (χ0) is 26.3. The first-order valence-corrected chi connectivity index (χ1v) is 11.7. The summed E-state index contributed by atoms with van der Waals surface area (Å²) in [6.07, 6.45) is 8.98. The first kappa shape index (κ1) is 24.3. The third-order valence-corrected chi connectivity index (χ3v) is 6.38. The topological polar surface area (TPSA) is 77.7 Å². The predicted molar refractivity (Wildman–Crippen MR) is 134 cm³/mol. The van der Waals surface area contributed by atoms with Gasteiger partial charge in [0, 0.05) is 55.6 Å². The molecule has 1 aromatic carbocycles. The summed E-state index contributed by atoms with van der Waals surface area (Å²) in [5, 5.41) is 4.20. The molecule has 2 amide bonds. The standard InChI is InChI=1S/C26H26F2N6O3/c1-5-32-7-6-16(12-32)13-33-20-8-19(17-11-30-31(2)14-17)29-10-18(20)15-34(26(33)35)25-23(27)21(36-3)9-22(37-4)24(25)28/h6-12,14H,5,13,15H2,1-4H3. The average Bonchev–Trinajstić information content (AvgIpc) is 3.55. The monoisotopic (exact) mass is 508 g/mol. The molecule has 4 heterocycles. The SMILES string of the molecule is CCn1ccc(CN2C(=O)N(c3c(F)c(OC)cc(OC)c3F)Cc3cnc(-c4cnn(C)c4)cc32)c1. The smallest absolute Gasteiger partial charge is 0.329 e. The fourth-order valence-corrected chi connectivity index (χ4v) is 4.44. The molecule has 37 heavy (non-hydrogen) atoms. The van der Waals surface area contributed by atoms with Gasteiger partial charge in [0.1, 0.15) is 5.69 Å². The van der Waals surface area contributed by atoms with E-state index in [1.54, 1.807) is 30.2 Å². The molecule has 0 atom stereocenters. The van der Waals surface area contributed by atoms with Crippen LogP contribution in [0.15, 0.2) is 49.2 Å². The maximum atomic E-state index is 15.4. The van der Waals surface area contributed by atoms with Gasteiger partial charge in [-0.05, 0) is 24.6 Å². The third-order valence-electron chi connectivity index (χ3n) is 6.38. The van der Waals surface area contributed by atoms with Crippen LogP contribution in [-0.4, -0.2) is 39.6 Å². The summed E-state index contributed by atoms with van der Waals surface area (Å²) in [6, 6.07) is 4.24. The lowest BCUT2D eigenvalue weighted by Crippen LogP contribution is -2.47. The Kier molecular flexibility index (Phi) is 6.28. The van der Waals surface area contributed by atoms with Crippen LogP contribution in [0.3, 0.4) is 0 Å². The van der Waals surface area contributed by atoms with Crippen LogP contribution in [0.25, 0.3) is 11.3 Å². The largest absolute Gasteiger partial charge is 0.493 e. The van der Waals surface area contributed by atoms with Gasteiger partial charge >= 0.3 is 6.03 Å². The predicted octanol–water partition coefficient (Wildman–Crippen LogP) is 4.75. The number of methoxy groups -OCH3 is 2. The third kappa shape index (κ3) is 4.26. The van der Waals surface area contributed by atoms with E-state index < -0.39 is 23.4 Å². The van der Waals surface area contributed by atoms with Crippen LogP contribution in [0, 0.1) is 11.6 Å².